The molecular weight excluding hydrogens is 322 g/mol. The number of thioether (sulfide) groups is 1. The maximum absolute atomic E-state index is 12.1. The SMILES string of the molecule is CSc1ccc(NC(=O)COc2cccc3c2OC(C)(C)C3)cc1. The van der Waals surface area contributed by atoms with E-state index < -0.39 is 0 Å². The molecule has 1 aliphatic heterocycles. The molecule has 0 saturated carbocycles. The van der Waals surface area contributed by atoms with Crippen molar-refractivity contribution in [1.82, 2.24) is 0 Å². The van der Waals surface area contributed by atoms with Gasteiger partial charge in [-0.1, -0.05) is 12.1 Å². The van der Waals surface area contributed by atoms with Crippen molar-refractivity contribution in [2.45, 2.75) is 30.8 Å². The Morgan fingerprint density at radius 1 is 1.25 bits per heavy atom. The fraction of sp³-hybridized carbons (Fsp3) is 0.316. The van der Waals surface area contributed by atoms with Crippen molar-refractivity contribution >= 4 is 23.4 Å². The predicted octanol–water partition coefficient (Wildman–Crippen LogP) is 4.14. The first-order valence-corrected chi connectivity index (χ1v) is 9.07. The second kappa shape index (κ2) is 6.77. The summed E-state index contributed by atoms with van der Waals surface area (Å²) in [5, 5.41) is 2.83. The monoisotopic (exact) mass is 343 g/mol. The van der Waals surface area contributed by atoms with Crippen molar-refractivity contribution in [3.63, 3.8) is 0 Å². The van der Waals surface area contributed by atoms with Crippen molar-refractivity contribution in [2.24, 2.45) is 0 Å². The van der Waals surface area contributed by atoms with Crippen LogP contribution in [0.15, 0.2) is 47.4 Å². The van der Waals surface area contributed by atoms with Crippen LogP contribution in [0.3, 0.4) is 0 Å². The maximum atomic E-state index is 12.1. The highest BCUT2D eigenvalue weighted by Gasteiger charge is 2.32. The number of hydrogen-bond acceptors (Lipinski definition) is 4. The molecule has 2 aromatic rings. The normalized spacial score (nSPS) is 14.6. The highest BCUT2D eigenvalue weighted by atomic mass is 32.2. The van der Waals surface area contributed by atoms with E-state index in [-0.39, 0.29) is 18.1 Å². The Kier molecular flexibility index (Phi) is 4.71. The lowest BCUT2D eigenvalue weighted by atomic mass is 10.0. The highest BCUT2D eigenvalue weighted by Crippen LogP contribution is 2.41. The first-order chi connectivity index (χ1) is 11.5. The first-order valence-electron chi connectivity index (χ1n) is 7.84. The summed E-state index contributed by atoms with van der Waals surface area (Å²) in [6, 6.07) is 13.5. The standard InChI is InChI=1S/C19H21NO3S/c1-19(2)11-13-5-4-6-16(18(13)23-19)22-12-17(21)20-14-7-9-15(24-3)10-8-14/h4-10H,11-12H2,1-3H3,(H,20,21). The summed E-state index contributed by atoms with van der Waals surface area (Å²) in [4.78, 5) is 13.2. The van der Waals surface area contributed by atoms with Crippen LogP contribution < -0.4 is 14.8 Å². The Labute approximate surface area is 146 Å². The van der Waals surface area contributed by atoms with Crippen molar-refractivity contribution in [3.05, 3.63) is 48.0 Å². The van der Waals surface area contributed by atoms with Crippen molar-refractivity contribution in [2.75, 3.05) is 18.2 Å². The molecule has 24 heavy (non-hydrogen) atoms. The van der Waals surface area contributed by atoms with Gasteiger partial charge in [0, 0.05) is 22.6 Å². The molecule has 4 nitrogen and oxygen atoms in total. The van der Waals surface area contributed by atoms with Gasteiger partial charge < -0.3 is 14.8 Å². The molecule has 0 aromatic heterocycles. The van der Waals surface area contributed by atoms with E-state index in [0.717, 1.165) is 28.3 Å². The molecule has 0 atom stereocenters. The van der Waals surface area contributed by atoms with Crippen molar-refractivity contribution in [1.29, 1.82) is 0 Å². The lowest BCUT2D eigenvalue weighted by molar-refractivity contribution is -0.118. The minimum Gasteiger partial charge on any atom is -0.483 e. The van der Waals surface area contributed by atoms with Crippen LogP contribution in [-0.2, 0) is 11.2 Å². The average molecular weight is 343 g/mol. The summed E-state index contributed by atoms with van der Waals surface area (Å²) in [6.45, 7) is 4.04. The Hall–Kier alpha value is -2.14. The second-order valence-electron chi connectivity index (χ2n) is 6.35. The third-order valence-electron chi connectivity index (χ3n) is 3.79. The van der Waals surface area contributed by atoms with Gasteiger partial charge in [0.25, 0.3) is 5.91 Å². The molecule has 1 N–H and O–H groups in total. The molecule has 1 amide bonds. The van der Waals surface area contributed by atoms with Gasteiger partial charge >= 0.3 is 0 Å². The van der Waals surface area contributed by atoms with E-state index >= 15 is 0 Å². The molecule has 0 radical (unpaired) electrons. The summed E-state index contributed by atoms with van der Waals surface area (Å²) in [7, 11) is 0. The van der Waals surface area contributed by atoms with Gasteiger partial charge in [0.15, 0.2) is 18.1 Å². The van der Waals surface area contributed by atoms with E-state index in [1.54, 1.807) is 11.8 Å². The van der Waals surface area contributed by atoms with Crippen LogP contribution in [0, 0.1) is 0 Å². The van der Waals surface area contributed by atoms with Crippen molar-refractivity contribution in [3.8, 4) is 11.5 Å². The first kappa shape index (κ1) is 16.7. The molecule has 0 spiro atoms. The average Bonchev–Trinajstić information content (AvgIpc) is 2.88. The molecular formula is C19H21NO3S. The number of ether oxygens (including phenoxy) is 2. The van der Waals surface area contributed by atoms with Gasteiger partial charge in [-0.25, -0.2) is 0 Å². The van der Waals surface area contributed by atoms with E-state index in [4.69, 9.17) is 9.47 Å². The third-order valence-corrected chi connectivity index (χ3v) is 4.53. The minimum absolute atomic E-state index is 0.0511. The van der Waals surface area contributed by atoms with Gasteiger partial charge in [0.2, 0.25) is 0 Å². The topological polar surface area (TPSA) is 47.6 Å². The molecule has 1 heterocycles. The van der Waals surface area contributed by atoms with Crippen molar-refractivity contribution < 1.29 is 14.3 Å². The molecule has 0 saturated heterocycles. The van der Waals surface area contributed by atoms with Crippen LogP contribution in [0.25, 0.3) is 0 Å². The quantitative estimate of drug-likeness (QED) is 0.829. The number of fused-ring (bicyclic) bond motifs is 1. The van der Waals surface area contributed by atoms with Gasteiger partial charge in [-0.05, 0) is 50.4 Å². The number of rotatable bonds is 5. The Morgan fingerprint density at radius 2 is 2.00 bits per heavy atom. The molecule has 126 valence electrons. The van der Waals surface area contributed by atoms with Gasteiger partial charge in [-0.3, -0.25) is 4.79 Å². The van der Waals surface area contributed by atoms with E-state index in [0.29, 0.717) is 5.75 Å². The molecule has 0 unspecified atom stereocenters. The number of para-hydroxylation sites is 1. The molecule has 0 aliphatic carbocycles. The van der Waals surface area contributed by atoms with Gasteiger partial charge in [-0.2, -0.15) is 0 Å². The zero-order valence-corrected chi connectivity index (χ0v) is 14.9. The molecule has 2 aromatic carbocycles. The smallest absolute Gasteiger partial charge is 0.262 e. The zero-order chi connectivity index (χ0) is 17.2. The van der Waals surface area contributed by atoms with Crippen LogP contribution >= 0.6 is 11.8 Å². The summed E-state index contributed by atoms with van der Waals surface area (Å²) >= 11 is 1.66. The van der Waals surface area contributed by atoms with E-state index in [1.165, 1.54) is 0 Å². The number of nitrogens with one attached hydrogen (secondary N) is 1. The van der Waals surface area contributed by atoms with Gasteiger partial charge in [0.05, 0.1) is 0 Å². The highest BCUT2D eigenvalue weighted by molar-refractivity contribution is 7.98. The summed E-state index contributed by atoms with van der Waals surface area (Å²) in [5.41, 5.74) is 1.64. The number of carbonyl (C=O) groups excluding carboxylic acids is 1. The lowest BCUT2D eigenvalue weighted by Gasteiger charge is -2.18. The maximum Gasteiger partial charge on any atom is 0.262 e. The number of amides is 1. The van der Waals surface area contributed by atoms with E-state index in [1.807, 2.05) is 62.6 Å². The molecule has 1 aliphatic rings. The third kappa shape index (κ3) is 3.85. The van der Waals surface area contributed by atoms with Gasteiger partial charge in [0.1, 0.15) is 5.60 Å². The number of anilines is 1. The predicted molar refractivity (Wildman–Crippen MR) is 97.2 cm³/mol. The molecule has 0 bridgehead atoms. The zero-order valence-electron chi connectivity index (χ0n) is 14.1. The summed E-state index contributed by atoms with van der Waals surface area (Å²) < 4.78 is 11.6. The van der Waals surface area contributed by atoms with Crippen LogP contribution in [0.1, 0.15) is 19.4 Å². The number of carbonyl (C=O) groups is 1. The molecule has 3 rings (SSSR count). The Balaban J connectivity index is 1.60. The van der Waals surface area contributed by atoms with E-state index in [2.05, 4.69) is 5.32 Å². The number of hydrogen-bond donors (Lipinski definition) is 1. The molecule has 0 fully saturated rings. The minimum atomic E-state index is -0.233. The van der Waals surface area contributed by atoms with Crippen LogP contribution in [0.2, 0.25) is 0 Å². The summed E-state index contributed by atoms with van der Waals surface area (Å²) in [5.74, 6) is 1.17. The van der Waals surface area contributed by atoms with Gasteiger partial charge in [-0.15, -0.1) is 11.8 Å². The van der Waals surface area contributed by atoms with Crippen LogP contribution in [0.5, 0.6) is 11.5 Å². The Bertz CT molecular complexity index is 741. The fourth-order valence-corrected chi connectivity index (χ4v) is 3.12. The fourth-order valence-electron chi connectivity index (χ4n) is 2.72. The second-order valence-corrected chi connectivity index (χ2v) is 7.23. The largest absolute Gasteiger partial charge is 0.483 e. The molecule has 5 heteroatoms. The van der Waals surface area contributed by atoms with E-state index in [9.17, 15) is 4.79 Å². The lowest BCUT2D eigenvalue weighted by Crippen LogP contribution is -2.25. The van der Waals surface area contributed by atoms with Crippen LogP contribution in [-0.4, -0.2) is 24.4 Å². The van der Waals surface area contributed by atoms with Crippen LogP contribution in [0.4, 0.5) is 5.69 Å². The Morgan fingerprint density at radius 3 is 2.71 bits per heavy atom. The number of benzene rings is 2. The summed E-state index contributed by atoms with van der Waals surface area (Å²) in [6.07, 6.45) is 2.86.